The number of amides is 2. The van der Waals surface area contributed by atoms with E-state index in [1.165, 1.54) is 23.3 Å². The number of nitrogens with one attached hydrogen (secondary N) is 1. The van der Waals surface area contributed by atoms with Gasteiger partial charge in [0.25, 0.3) is 5.91 Å². The average Bonchev–Trinajstić information content (AvgIpc) is 3.52. The number of cyclic esters (lactones) is 1. The van der Waals surface area contributed by atoms with Crippen molar-refractivity contribution in [1.29, 1.82) is 0 Å². The van der Waals surface area contributed by atoms with E-state index in [4.69, 9.17) is 9.15 Å². The molecule has 0 spiro atoms. The number of carbonyl (C=O) groups is 4. The molecule has 9 heteroatoms. The lowest BCUT2D eigenvalue weighted by atomic mass is 9.94. The molecule has 1 aromatic rings. The molecule has 9 nitrogen and oxygen atoms in total. The summed E-state index contributed by atoms with van der Waals surface area (Å²) in [6.45, 7) is 8.22. The van der Waals surface area contributed by atoms with Gasteiger partial charge >= 0.3 is 5.97 Å². The number of hydrogen-bond acceptors (Lipinski definition) is 7. The Balaban J connectivity index is 1.87. The Morgan fingerprint density at radius 1 is 1.14 bits per heavy atom. The fraction of sp³-hybridized carbons (Fsp3) is 0.393. The summed E-state index contributed by atoms with van der Waals surface area (Å²) in [4.78, 5) is 56.2. The number of carbonyl (C=O) groups excluding carboxylic acids is 4. The van der Waals surface area contributed by atoms with Gasteiger partial charge in [-0.2, -0.15) is 0 Å². The molecule has 1 N–H and O–H groups in total. The highest BCUT2D eigenvalue weighted by molar-refractivity contribution is 6.00. The first kappa shape index (κ1) is 27.6. The van der Waals surface area contributed by atoms with Gasteiger partial charge in [0.1, 0.15) is 18.1 Å². The summed E-state index contributed by atoms with van der Waals surface area (Å²) in [5, 5.41) is 2.77. The van der Waals surface area contributed by atoms with Crippen LogP contribution in [0, 0.1) is 11.8 Å². The lowest BCUT2D eigenvalue weighted by Crippen LogP contribution is -2.36. The van der Waals surface area contributed by atoms with Crippen LogP contribution >= 0.6 is 0 Å². The molecule has 0 saturated carbocycles. The van der Waals surface area contributed by atoms with Crippen LogP contribution in [0.2, 0.25) is 0 Å². The second kappa shape index (κ2) is 12.8. The van der Waals surface area contributed by atoms with E-state index in [-0.39, 0.29) is 47.2 Å². The average molecular weight is 508 g/mol. The minimum Gasteiger partial charge on any atom is -0.457 e. The van der Waals surface area contributed by atoms with Crippen molar-refractivity contribution in [3.05, 3.63) is 77.7 Å². The molecule has 3 heterocycles. The molecule has 0 saturated heterocycles. The number of oxazole rings is 1. The molecule has 2 bridgehead atoms. The van der Waals surface area contributed by atoms with E-state index < -0.39 is 18.0 Å². The third-order valence-electron chi connectivity index (χ3n) is 5.92. The number of fused-ring (bicyclic) bond motifs is 3. The molecule has 196 valence electrons. The summed E-state index contributed by atoms with van der Waals surface area (Å²) in [6.07, 6.45) is 14.3. The predicted octanol–water partition coefficient (Wildman–Crippen LogP) is 3.46. The maximum absolute atomic E-state index is 13.1. The summed E-state index contributed by atoms with van der Waals surface area (Å²) in [6, 6.07) is 0. The summed E-state index contributed by atoms with van der Waals surface area (Å²) in [5.74, 6) is -1.80. The van der Waals surface area contributed by atoms with E-state index in [2.05, 4.69) is 10.3 Å². The van der Waals surface area contributed by atoms with Crippen LogP contribution in [0.4, 0.5) is 0 Å². The Bertz CT molecular complexity index is 1180. The van der Waals surface area contributed by atoms with Crippen molar-refractivity contribution < 1.29 is 28.3 Å². The van der Waals surface area contributed by atoms with Gasteiger partial charge in [-0.1, -0.05) is 62.8 Å². The van der Waals surface area contributed by atoms with Crippen LogP contribution in [-0.2, 0) is 25.5 Å². The molecule has 2 aliphatic heterocycles. The van der Waals surface area contributed by atoms with Crippen molar-refractivity contribution in [3.8, 4) is 0 Å². The number of hydrogen-bond donors (Lipinski definition) is 1. The maximum atomic E-state index is 13.1. The topological polar surface area (TPSA) is 119 Å². The number of aromatic nitrogens is 1. The third kappa shape index (κ3) is 7.73. The van der Waals surface area contributed by atoms with E-state index in [0.717, 1.165) is 5.57 Å². The first-order chi connectivity index (χ1) is 17.7. The molecule has 1 aromatic heterocycles. The first-order valence-corrected chi connectivity index (χ1v) is 12.3. The van der Waals surface area contributed by atoms with E-state index in [0.29, 0.717) is 19.5 Å². The summed E-state index contributed by atoms with van der Waals surface area (Å²) in [5.41, 5.74) is 1.04. The summed E-state index contributed by atoms with van der Waals surface area (Å²) >= 11 is 0. The zero-order valence-electron chi connectivity index (χ0n) is 21.6. The van der Waals surface area contributed by atoms with Crippen molar-refractivity contribution in [2.75, 3.05) is 13.1 Å². The Labute approximate surface area is 216 Å². The molecule has 0 fully saturated rings. The van der Waals surface area contributed by atoms with Gasteiger partial charge in [-0.15, -0.1) is 0 Å². The van der Waals surface area contributed by atoms with Gasteiger partial charge in [0.05, 0.1) is 6.42 Å². The van der Waals surface area contributed by atoms with E-state index in [1.54, 1.807) is 30.4 Å². The zero-order chi connectivity index (χ0) is 26.9. The van der Waals surface area contributed by atoms with Gasteiger partial charge in [-0.3, -0.25) is 14.4 Å². The van der Waals surface area contributed by atoms with Gasteiger partial charge < -0.3 is 19.4 Å². The van der Waals surface area contributed by atoms with Crippen molar-refractivity contribution in [2.24, 2.45) is 11.8 Å². The van der Waals surface area contributed by atoms with Crippen molar-refractivity contribution in [2.45, 2.75) is 46.6 Å². The fourth-order valence-corrected chi connectivity index (χ4v) is 4.01. The normalized spacial score (nSPS) is 26.5. The van der Waals surface area contributed by atoms with Crippen molar-refractivity contribution in [3.63, 3.8) is 0 Å². The molecule has 0 aromatic carbocycles. The first-order valence-electron chi connectivity index (χ1n) is 12.3. The molecule has 0 radical (unpaired) electrons. The van der Waals surface area contributed by atoms with Crippen LogP contribution in [-0.4, -0.2) is 52.6 Å². The van der Waals surface area contributed by atoms with E-state index in [9.17, 15) is 19.2 Å². The number of esters is 1. The Hall–Kier alpha value is -4.01. The van der Waals surface area contributed by atoms with E-state index in [1.807, 2.05) is 33.8 Å². The molecule has 37 heavy (non-hydrogen) atoms. The highest BCUT2D eigenvalue weighted by atomic mass is 16.5. The fourth-order valence-electron chi connectivity index (χ4n) is 4.01. The number of nitrogens with zero attached hydrogens (tertiary/aromatic N) is 2. The Morgan fingerprint density at radius 3 is 2.68 bits per heavy atom. The summed E-state index contributed by atoms with van der Waals surface area (Å²) < 4.78 is 11.2. The van der Waals surface area contributed by atoms with Crippen LogP contribution in [0.15, 0.2) is 70.6 Å². The Kier molecular flexibility index (Phi) is 9.54. The Morgan fingerprint density at radius 2 is 1.92 bits per heavy atom. The minimum atomic E-state index is -0.621. The molecular weight excluding hydrogens is 474 g/mol. The molecule has 2 atom stereocenters. The van der Waals surface area contributed by atoms with Gasteiger partial charge in [0, 0.05) is 19.0 Å². The molecule has 2 aliphatic rings. The third-order valence-corrected chi connectivity index (χ3v) is 5.92. The van der Waals surface area contributed by atoms with Crippen LogP contribution in [0.5, 0.6) is 0 Å². The van der Waals surface area contributed by atoms with Crippen LogP contribution in [0.25, 0.3) is 0 Å². The van der Waals surface area contributed by atoms with Gasteiger partial charge in [-0.05, 0) is 31.4 Å². The monoisotopic (exact) mass is 507 g/mol. The minimum absolute atomic E-state index is 0.00868. The van der Waals surface area contributed by atoms with E-state index >= 15 is 0 Å². The highest BCUT2D eigenvalue weighted by Crippen LogP contribution is 2.24. The smallest absolute Gasteiger partial charge is 0.355 e. The highest BCUT2D eigenvalue weighted by Gasteiger charge is 2.33. The molecular formula is C28H33N3O6. The second-order valence-corrected chi connectivity index (χ2v) is 9.35. The van der Waals surface area contributed by atoms with Crippen molar-refractivity contribution >= 4 is 23.6 Å². The largest absolute Gasteiger partial charge is 0.457 e. The number of allylic oxidation sites excluding steroid dienone is 5. The van der Waals surface area contributed by atoms with Gasteiger partial charge in [-0.25, -0.2) is 9.78 Å². The number of rotatable bonds is 1. The van der Waals surface area contributed by atoms with Crippen LogP contribution < -0.4 is 5.32 Å². The molecule has 0 aliphatic carbocycles. The predicted molar refractivity (Wildman–Crippen MR) is 137 cm³/mol. The second-order valence-electron chi connectivity index (χ2n) is 9.35. The standard InChI is InChI=1S/C28H33N3O6/c1-18(2)26-20(4)12-13-24(33)29-14-6-9-19(3)8-5-10-21(32)16-25-30-22(17-36-25)27(34)31-15-7-11-23(31)28(35)37-26/h5-6,8-13,17-18,20,26H,7,14-16H2,1-4H3,(H,29,33)/b9-6+,10-5+,13-12+,19-8+/t20-,26-/m1/s1. The SMILES string of the molecule is CC1=C\C=C\C(=O)Cc2nc(co2)C(=O)N2CCC=C2C(=O)O[C@H](C(C)C)[C@H](C)/C=C/C(=O)NC\C=C\1. The van der Waals surface area contributed by atoms with Gasteiger partial charge in [0.15, 0.2) is 11.5 Å². The summed E-state index contributed by atoms with van der Waals surface area (Å²) in [7, 11) is 0. The number of ketones is 1. The lowest BCUT2D eigenvalue weighted by molar-refractivity contribution is -0.149. The van der Waals surface area contributed by atoms with Gasteiger partial charge in [0.2, 0.25) is 11.8 Å². The van der Waals surface area contributed by atoms with Crippen LogP contribution in [0.3, 0.4) is 0 Å². The quantitative estimate of drug-likeness (QED) is 0.578. The zero-order valence-corrected chi connectivity index (χ0v) is 21.6. The number of ether oxygens (including phenoxy) is 1. The lowest BCUT2D eigenvalue weighted by Gasteiger charge is -2.27. The maximum Gasteiger partial charge on any atom is 0.355 e. The molecule has 3 rings (SSSR count). The molecule has 0 unspecified atom stereocenters. The van der Waals surface area contributed by atoms with Crippen molar-refractivity contribution in [1.82, 2.24) is 15.2 Å². The van der Waals surface area contributed by atoms with Crippen LogP contribution in [0.1, 0.15) is 50.5 Å². The molecule has 2 amide bonds.